The zero-order chi connectivity index (χ0) is 18.0. The summed E-state index contributed by atoms with van der Waals surface area (Å²) < 4.78 is 10.7. The Bertz CT molecular complexity index is 777. The number of nitrogens with one attached hydrogen (secondary N) is 2. The van der Waals surface area contributed by atoms with E-state index in [1.807, 2.05) is 50.2 Å². The van der Waals surface area contributed by atoms with Crippen LogP contribution in [0.5, 0.6) is 11.5 Å². The van der Waals surface area contributed by atoms with Gasteiger partial charge in [-0.15, -0.1) is 0 Å². The lowest BCUT2D eigenvalue weighted by Gasteiger charge is -2.21. The molecule has 1 fully saturated rings. The van der Waals surface area contributed by atoms with Gasteiger partial charge in [-0.2, -0.15) is 0 Å². The van der Waals surface area contributed by atoms with Crippen LogP contribution in [0.3, 0.4) is 0 Å². The molecule has 25 heavy (non-hydrogen) atoms. The summed E-state index contributed by atoms with van der Waals surface area (Å²) in [5, 5.41) is 6.12. The molecule has 132 valence electrons. The maximum atomic E-state index is 12.5. The fourth-order valence-electron chi connectivity index (χ4n) is 3.12. The Kier molecular flexibility index (Phi) is 4.57. The van der Waals surface area contributed by atoms with E-state index in [2.05, 4.69) is 10.6 Å². The van der Waals surface area contributed by atoms with Crippen LogP contribution < -0.4 is 20.1 Å². The Morgan fingerprint density at radius 1 is 1.00 bits per heavy atom. The van der Waals surface area contributed by atoms with Crippen molar-refractivity contribution in [1.82, 2.24) is 5.32 Å². The summed E-state index contributed by atoms with van der Waals surface area (Å²) in [4.78, 5) is 12.5. The van der Waals surface area contributed by atoms with Crippen LogP contribution in [0.1, 0.15) is 29.5 Å². The van der Waals surface area contributed by atoms with Gasteiger partial charge in [-0.3, -0.25) is 0 Å². The monoisotopic (exact) mass is 340 g/mol. The molecule has 2 aromatic rings. The van der Waals surface area contributed by atoms with Crippen LogP contribution in [0.4, 0.5) is 10.5 Å². The zero-order valence-electron chi connectivity index (χ0n) is 15.1. The first-order chi connectivity index (χ1) is 12.0. The van der Waals surface area contributed by atoms with Gasteiger partial charge in [-0.25, -0.2) is 4.79 Å². The minimum Gasteiger partial charge on any atom is -0.493 e. The zero-order valence-corrected chi connectivity index (χ0v) is 15.1. The number of aryl methyl sites for hydroxylation is 2. The van der Waals surface area contributed by atoms with E-state index in [0.717, 1.165) is 35.2 Å². The molecule has 5 heteroatoms. The molecular weight excluding hydrogens is 316 g/mol. The fraction of sp³-hybridized carbons (Fsp3) is 0.350. The Morgan fingerprint density at radius 3 is 2.20 bits per heavy atom. The smallest absolute Gasteiger partial charge is 0.319 e. The van der Waals surface area contributed by atoms with Crippen LogP contribution >= 0.6 is 0 Å². The second kappa shape index (κ2) is 6.67. The molecule has 0 bridgehead atoms. The standard InChI is InChI=1S/C20H24N2O3/c1-13-6-5-7-14(2)18(13)21-19(23)22-20(10-11-20)15-8-9-16(24-3)17(12-15)25-4/h5-9,12H,10-11H2,1-4H3,(H2,21,22,23). The normalized spacial score (nSPS) is 14.6. The van der Waals surface area contributed by atoms with E-state index in [4.69, 9.17) is 9.47 Å². The highest BCUT2D eigenvalue weighted by molar-refractivity contribution is 5.91. The number of carbonyl (C=O) groups excluding carboxylic acids is 1. The Balaban J connectivity index is 1.77. The van der Waals surface area contributed by atoms with E-state index in [9.17, 15) is 4.79 Å². The first kappa shape index (κ1) is 17.1. The summed E-state index contributed by atoms with van der Waals surface area (Å²) in [5.41, 5.74) is 3.65. The maximum absolute atomic E-state index is 12.5. The Hall–Kier alpha value is -2.69. The molecule has 1 saturated carbocycles. The molecule has 2 amide bonds. The number of ether oxygens (including phenoxy) is 2. The highest BCUT2D eigenvalue weighted by atomic mass is 16.5. The first-order valence-corrected chi connectivity index (χ1v) is 8.37. The molecule has 1 aliphatic rings. The van der Waals surface area contributed by atoms with Crippen molar-refractivity contribution in [3.05, 3.63) is 53.1 Å². The van der Waals surface area contributed by atoms with E-state index in [-0.39, 0.29) is 11.6 Å². The fourth-order valence-corrected chi connectivity index (χ4v) is 3.12. The van der Waals surface area contributed by atoms with Crippen molar-refractivity contribution in [2.75, 3.05) is 19.5 Å². The summed E-state index contributed by atoms with van der Waals surface area (Å²) in [7, 11) is 3.23. The second-order valence-corrected chi connectivity index (χ2v) is 6.50. The van der Waals surface area contributed by atoms with Crippen molar-refractivity contribution in [3.8, 4) is 11.5 Å². The third kappa shape index (κ3) is 3.40. The summed E-state index contributed by atoms with van der Waals surface area (Å²) >= 11 is 0. The van der Waals surface area contributed by atoms with Gasteiger partial charge < -0.3 is 20.1 Å². The summed E-state index contributed by atoms with van der Waals surface area (Å²) in [6.07, 6.45) is 1.81. The number of anilines is 1. The van der Waals surface area contributed by atoms with Crippen LogP contribution in [0.15, 0.2) is 36.4 Å². The molecule has 0 aliphatic heterocycles. The average Bonchev–Trinajstić information content (AvgIpc) is 3.38. The Morgan fingerprint density at radius 2 is 1.64 bits per heavy atom. The molecule has 0 heterocycles. The maximum Gasteiger partial charge on any atom is 0.319 e. The van der Waals surface area contributed by atoms with Gasteiger partial charge in [0.25, 0.3) is 0 Å². The minimum absolute atomic E-state index is 0.190. The molecule has 0 saturated heterocycles. The number of benzene rings is 2. The predicted molar refractivity (Wildman–Crippen MR) is 98.5 cm³/mol. The number of hydrogen-bond donors (Lipinski definition) is 2. The van der Waals surface area contributed by atoms with Gasteiger partial charge in [0.2, 0.25) is 0 Å². The predicted octanol–water partition coefficient (Wildman–Crippen LogP) is 4.13. The van der Waals surface area contributed by atoms with Crippen LogP contribution in [-0.4, -0.2) is 20.3 Å². The lowest BCUT2D eigenvalue weighted by atomic mass is 10.0. The molecule has 0 unspecified atom stereocenters. The van der Waals surface area contributed by atoms with Crippen LogP contribution in [-0.2, 0) is 5.54 Å². The van der Waals surface area contributed by atoms with Gasteiger partial charge in [0.15, 0.2) is 11.5 Å². The van der Waals surface area contributed by atoms with Gasteiger partial charge in [-0.05, 0) is 55.5 Å². The number of methoxy groups -OCH3 is 2. The summed E-state index contributed by atoms with van der Waals surface area (Å²) in [6, 6.07) is 11.6. The van der Waals surface area contributed by atoms with Crippen LogP contribution in [0.2, 0.25) is 0 Å². The highest BCUT2D eigenvalue weighted by Gasteiger charge is 2.46. The number of hydrogen-bond acceptors (Lipinski definition) is 3. The van der Waals surface area contributed by atoms with E-state index >= 15 is 0 Å². The molecule has 0 atom stereocenters. The van der Waals surface area contributed by atoms with Crippen molar-refractivity contribution in [1.29, 1.82) is 0 Å². The average molecular weight is 340 g/mol. The molecule has 0 aromatic heterocycles. The van der Waals surface area contributed by atoms with E-state index < -0.39 is 0 Å². The van der Waals surface area contributed by atoms with Gasteiger partial charge in [0, 0.05) is 5.69 Å². The van der Waals surface area contributed by atoms with E-state index in [0.29, 0.717) is 11.5 Å². The van der Waals surface area contributed by atoms with Gasteiger partial charge in [0.1, 0.15) is 0 Å². The van der Waals surface area contributed by atoms with Crippen LogP contribution in [0, 0.1) is 13.8 Å². The van der Waals surface area contributed by atoms with E-state index in [1.165, 1.54) is 0 Å². The van der Waals surface area contributed by atoms with Crippen molar-refractivity contribution >= 4 is 11.7 Å². The quantitative estimate of drug-likeness (QED) is 0.860. The third-order valence-electron chi connectivity index (χ3n) is 4.76. The topological polar surface area (TPSA) is 59.6 Å². The summed E-state index contributed by atoms with van der Waals surface area (Å²) in [5.74, 6) is 1.35. The molecule has 2 aromatic carbocycles. The lowest BCUT2D eigenvalue weighted by Crippen LogP contribution is -2.38. The molecule has 2 N–H and O–H groups in total. The SMILES string of the molecule is COc1ccc(C2(NC(=O)Nc3c(C)cccc3C)CC2)cc1OC. The van der Waals surface area contributed by atoms with Crippen molar-refractivity contribution in [3.63, 3.8) is 0 Å². The molecule has 0 radical (unpaired) electrons. The van der Waals surface area contributed by atoms with Crippen LogP contribution in [0.25, 0.3) is 0 Å². The number of amides is 2. The number of rotatable bonds is 5. The largest absolute Gasteiger partial charge is 0.493 e. The molecule has 5 nitrogen and oxygen atoms in total. The minimum atomic E-state index is -0.333. The van der Waals surface area contributed by atoms with Gasteiger partial charge in [-0.1, -0.05) is 24.3 Å². The van der Waals surface area contributed by atoms with Crippen molar-refractivity contribution < 1.29 is 14.3 Å². The number of urea groups is 1. The van der Waals surface area contributed by atoms with Crippen molar-refractivity contribution in [2.24, 2.45) is 0 Å². The lowest BCUT2D eigenvalue weighted by molar-refractivity contribution is 0.247. The highest BCUT2D eigenvalue weighted by Crippen LogP contribution is 2.47. The van der Waals surface area contributed by atoms with Gasteiger partial charge in [0.05, 0.1) is 19.8 Å². The molecular formula is C20H24N2O3. The van der Waals surface area contributed by atoms with Gasteiger partial charge >= 0.3 is 6.03 Å². The van der Waals surface area contributed by atoms with E-state index in [1.54, 1.807) is 14.2 Å². The summed E-state index contributed by atoms with van der Waals surface area (Å²) in [6.45, 7) is 3.98. The number of para-hydroxylation sites is 1. The van der Waals surface area contributed by atoms with Crippen molar-refractivity contribution in [2.45, 2.75) is 32.2 Å². The second-order valence-electron chi connectivity index (χ2n) is 6.50. The molecule has 1 aliphatic carbocycles. The first-order valence-electron chi connectivity index (χ1n) is 8.37. The third-order valence-corrected chi connectivity index (χ3v) is 4.76. The molecule has 0 spiro atoms. The molecule has 3 rings (SSSR count). The Labute approximate surface area is 148 Å². The number of carbonyl (C=O) groups is 1.